The molecule has 0 amide bonds. The maximum atomic E-state index is 13.0. The van der Waals surface area contributed by atoms with Gasteiger partial charge in [0.25, 0.3) is 0 Å². The zero-order valence-electron chi connectivity index (χ0n) is 19.1. The van der Waals surface area contributed by atoms with Crippen molar-refractivity contribution >= 4 is 11.0 Å². The minimum atomic E-state index is -1.31. The van der Waals surface area contributed by atoms with E-state index in [1.807, 2.05) is 19.9 Å². The average Bonchev–Trinajstić information content (AvgIpc) is 3.05. The molecule has 2 aliphatic heterocycles. The fraction of sp³-hybridized carbons (Fsp3) is 0.652. The predicted octanol–water partition coefficient (Wildman–Crippen LogP) is 1.33. The van der Waals surface area contributed by atoms with Crippen LogP contribution in [-0.4, -0.2) is 50.1 Å². The van der Waals surface area contributed by atoms with Gasteiger partial charge >= 0.3 is 11.1 Å². The van der Waals surface area contributed by atoms with Crippen molar-refractivity contribution in [3.63, 3.8) is 0 Å². The van der Waals surface area contributed by atoms with Crippen LogP contribution in [0.3, 0.4) is 0 Å². The van der Waals surface area contributed by atoms with Gasteiger partial charge in [0.2, 0.25) is 0 Å². The van der Waals surface area contributed by atoms with Gasteiger partial charge in [0.1, 0.15) is 18.3 Å². The van der Waals surface area contributed by atoms with Crippen molar-refractivity contribution in [2.24, 2.45) is 0 Å². The summed E-state index contributed by atoms with van der Waals surface area (Å²) in [5, 5.41) is 21.4. The number of hydrogen-bond acceptors (Lipinski definition) is 6. The number of aliphatic hydroxyl groups excluding tert-OH is 2. The summed E-state index contributed by atoms with van der Waals surface area (Å²) >= 11 is 0. The Hall–Kier alpha value is -2.00. The Morgan fingerprint density at radius 1 is 1.16 bits per heavy atom. The van der Waals surface area contributed by atoms with Crippen LogP contribution in [0.2, 0.25) is 0 Å². The zero-order valence-corrected chi connectivity index (χ0v) is 19.1. The van der Waals surface area contributed by atoms with Crippen molar-refractivity contribution < 1.29 is 19.7 Å². The van der Waals surface area contributed by atoms with Gasteiger partial charge in [-0.25, -0.2) is 0 Å². The number of rotatable bonds is 4. The molecule has 3 heterocycles. The molecule has 8 nitrogen and oxygen atoms in total. The molecule has 4 rings (SSSR count). The Kier molecular flexibility index (Phi) is 5.20. The van der Waals surface area contributed by atoms with Crippen molar-refractivity contribution in [1.82, 2.24) is 9.13 Å². The number of aryl methyl sites for hydroxylation is 2. The highest BCUT2D eigenvalue weighted by Gasteiger charge is 2.40. The molecule has 8 heteroatoms. The molecule has 1 aromatic heterocycles. The highest BCUT2D eigenvalue weighted by Crippen LogP contribution is 2.40. The van der Waals surface area contributed by atoms with Crippen molar-refractivity contribution in [3.8, 4) is 0 Å². The minimum Gasteiger partial charge on any atom is -0.388 e. The lowest BCUT2D eigenvalue weighted by Gasteiger charge is -2.36. The van der Waals surface area contributed by atoms with Crippen LogP contribution in [0.4, 0.5) is 0 Å². The zero-order chi connectivity index (χ0) is 22.9. The smallest absolute Gasteiger partial charge is 0.317 e. The first-order valence-corrected chi connectivity index (χ1v) is 10.8. The third kappa shape index (κ3) is 3.55. The Labute approximate surface area is 181 Å². The Morgan fingerprint density at radius 3 is 2.45 bits per heavy atom. The molecule has 2 aromatic rings. The first kappa shape index (κ1) is 22.2. The number of ether oxygens (including phenoxy) is 2. The van der Waals surface area contributed by atoms with Gasteiger partial charge in [-0.2, -0.15) is 0 Å². The van der Waals surface area contributed by atoms with E-state index in [4.69, 9.17) is 9.47 Å². The first-order chi connectivity index (χ1) is 14.3. The molecule has 0 unspecified atom stereocenters. The molecule has 2 aliphatic rings. The number of hydrogen-bond donors (Lipinski definition) is 2. The van der Waals surface area contributed by atoms with Crippen LogP contribution < -0.4 is 11.1 Å². The quantitative estimate of drug-likeness (QED) is 0.707. The summed E-state index contributed by atoms with van der Waals surface area (Å²) in [5.41, 5.74) is 3.08. The molecular formula is C23H32N2O6. The normalized spacial score (nSPS) is 23.8. The minimum absolute atomic E-state index is 0.138. The summed E-state index contributed by atoms with van der Waals surface area (Å²) in [7, 11) is 0. The van der Waals surface area contributed by atoms with E-state index >= 15 is 0 Å². The molecule has 0 radical (unpaired) electrons. The number of aliphatic hydroxyl groups is 2. The molecule has 2 N–H and O–H groups in total. The maximum absolute atomic E-state index is 13.0. The van der Waals surface area contributed by atoms with E-state index in [2.05, 4.69) is 13.8 Å². The molecule has 1 fully saturated rings. The van der Waals surface area contributed by atoms with Gasteiger partial charge in [-0.05, 0) is 62.3 Å². The van der Waals surface area contributed by atoms with Gasteiger partial charge in [0, 0.05) is 6.54 Å². The maximum Gasteiger partial charge on any atom is 0.317 e. The molecule has 0 bridgehead atoms. The lowest BCUT2D eigenvalue weighted by Crippen LogP contribution is -2.48. The third-order valence-corrected chi connectivity index (χ3v) is 6.85. The van der Waals surface area contributed by atoms with Crippen molar-refractivity contribution in [2.45, 2.75) is 90.6 Å². The lowest BCUT2D eigenvalue weighted by molar-refractivity contribution is -0.161. The van der Waals surface area contributed by atoms with E-state index in [1.54, 1.807) is 18.4 Å². The Morgan fingerprint density at radius 2 is 1.84 bits per heavy atom. The fourth-order valence-electron chi connectivity index (χ4n) is 4.97. The number of benzene rings is 1. The van der Waals surface area contributed by atoms with Gasteiger partial charge in [0.15, 0.2) is 5.79 Å². The molecule has 1 saturated heterocycles. The topological polar surface area (TPSA) is 103 Å². The second kappa shape index (κ2) is 7.27. The molecule has 31 heavy (non-hydrogen) atoms. The van der Waals surface area contributed by atoms with Crippen LogP contribution in [0, 0.1) is 13.8 Å². The first-order valence-electron chi connectivity index (χ1n) is 10.8. The fourth-order valence-corrected chi connectivity index (χ4v) is 4.97. The number of nitrogens with zero attached hydrogens (tertiary/aromatic N) is 2. The van der Waals surface area contributed by atoms with Crippen LogP contribution in [0.25, 0.3) is 11.0 Å². The monoisotopic (exact) mass is 432 g/mol. The van der Waals surface area contributed by atoms with E-state index in [1.165, 1.54) is 4.57 Å². The largest absolute Gasteiger partial charge is 0.388 e. The predicted molar refractivity (Wildman–Crippen MR) is 117 cm³/mol. The molecule has 0 saturated carbocycles. The van der Waals surface area contributed by atoms with E-state index in [0.717, 1.165) is 28.6 Å². The third-order valence-electron chi connectivity index (χ3n) is 6.85. The van der Waals surface area contributed by atoms with Gasteiger partial charge in [-0.3, -0.25) is 14.2 Å². The second-order valence-electron chi connectivity index (χ2n) is 9.99. The van der Waals surface area contributed by atoms with Crippen molar-refractivity contribution in [2.75, 3.05) is 6.61 Å². The Balaban J connectivity index is 1.84. The summed E-state index contributed by atoms with van der Waals surface area (Å²) in [6, 6.07) is 1.89. The van der Waals surface area contributed by atoms with Crippen LogP contribution in [0.1, 0.15) is 50.8 Å². The van der Waals surface area contributed by atoms with E-state index in [9.17, 15) is 19.8 Å². The number of aromatic nitrogens is 2. The summed E-state index contributed by atoms with van der Waals surface area (Å²) in [6.45, 7) is 12.2. The summed E-state index contributed by atoms with van der Waals surface area (Å²) in [5.74, 6) is -0.846. The SMILES string of the molecule is Cc1cc2c3c(c1C)C(C)(C)CCn3c(=O)c(=O)n2C[C@H](O)[C@H](O)[C@H]1COC(C)(C)O1. The van der Waals surface area contributed by atoms with E-state index in [-0.39, 0.29) is 18.6 Å². The van der Waals surface area contributed by atoms with E-state index in [0.29, 0.717) is 12.1 Å². The van der Waals surface area contributed by atoms with Gasteiger partial charge in [0.05, 0.1) is 24.2 Å². The molecule has 0 spiro atoms. The molecule has 0 aliphatic carbocycles. The lowest BCUT2D eigenvalue weighted by atomic mass is 9.75. The van der Waals surface area contributed by atoms with Crippen molar-refractivity contribution in [1.29, 1.82) is 0 Å². The van der Waals surface area contributed by atoms with Gasteiger partial charge < -0.3 is 24.3 Å². The Bertz CT molecular complexity index is 1160. The standard InChI is InChI=1S/C23H32N2O6/c1-12-9-14-18-17(13(12)2)22(3,4)7-8-24(18)20(28)21(29)25(14)10-15(26)19(27)16-11-30-23(5,6)31-16/h9,15-16,19,26-27H,7-8,10-11H2,1-6H3/t15-,16+,19-/m0/s1. The van der Waals surface area contributed by atoms with Crippen molar-refractivity contribution in [3.05, 3.63) is 43.5 Å². The van der Waals surface area contributed by atoms with Crippen LogP contribution >= 0.6 is 0 Å². The van der Waals surface area contributed by atoms with Gasteiger partial charge in [-0.15, -0.1) is 0 Å². The average molecular weight is 433 g/mol. The van der Waals surface area contributed by atoms with Crippen LogP contribution in [-0.2, 0) is 28.0 Å². The second-order valence-corrected chi connectivity index (χ2v) is 9.99. The molecule has 3 atom stereocenters. The molecular weight excluding hydrogens is 400 g/mol. The summed E-state index contributed by atoms with van der Waals surface area (Å²) in [6.07, 6.45) is -2.52. The summed E-state index contributed by atoms with van der Waals surface area (Å²) in [4.78, 5) is 26.0. The molecule has 1 aromatic carbocycles. The van der Waals surface area contributed by atoms with Gasteiger partial charge in [-0.1, -0.05) is 13.8 Å². The highest BCUT2D eigenvalue weighted by atomic mass is 16.7. The molecule has 170 valence electrons. The highest BCUT2D eigenvalue weighted by molar-refractivity contribution is 5.83. The van der Waals surface area contributed by atoms with Crippen LogP contribution in [0.15, 0.2) is 15.7 Å². The van der Waals surface area contributed by atoms with Crippen LogP contribution in [0.5, 0.6) is 0 Å². The summed E-state index contributed by atoms with van der Waals surface area (Å²) < 4.78 is 14.0. The van der Waals surface area contributed by atoms with E-state index < -0.39 is 35.2 Å².